The van der Waals surface area contributed by atoms with Crippen LogP contribution in [0.2, 0.25) is 0 Å². The van der Waals surface area contributed by atoms with Crippen LogP contribution in [0.1, 0.15) is 31.0 Å². The Labute approximate surface area is 147 Å². The van der Waals surface area contributed by atoms with Gasteiger partial charge in [0.1, 0.15) is 5.65 Å². The molecule has 0 radical (unpaired) electrons. The second-order valence-electron chi connectivity index (χ2n) is 6.18. The van der Waals surface area contributed by atoms with Crippen molar-refractivity contribution in [3.05, 3.63) is 53.9 Å². The number of aryl methyl sites for hydroxylation is 2. The van der Waals surface area contributed by atoms with Crippen LogP contribution >= 0.6 is 0 Å². The molecule has 5 nitrogen and oxygen atoms in total. The van der Waals surface area contributed by atoms with Gasteiger partial charge in [-0.25, -0.2) is 4.98 Å². The van der Waals surface area contributed by atoms with Crippen molar-refractivity contribution < 1.29 is 4.79 Å². The number of anilines is 1. The SMILES string of the molecule is CCc1ccc(-c2nc3ccc(NC(=O)CCCN)cn3c2C)cc1. The van der Waals surface area contributed by atoms with Crippen LogP contribution in [-0.4, -0.2) is 21.8 Å². The standard InChI is InChI=1S/C20H24N4O/c1-3-15-6-8-16(9-7-15)20-14(2)24-13-17(10-11-18(24)23-20)22-19(25)5-4-12-21/h6-11,13H,3-5,12,21H2,1-2H3,(H,22,25). The minimum Gasteiger partial charge on any atom is -0.330 e. The molecule has 5 heteroatoms. The van der Waals surface area contributed by atoms with Crippen LogP contribution < -0.4 is 11.1 Å². The zero-order chi connectivity index (χ0) is 17.8. The Morgan fingerprint density at radius 3 is 2.64 bits per heavy atom. The first kappa shape index (κ1) is 17.2. The molecule has 2 aromatic heterocycles. The molecule has 0 aliphatic rings. The molecule has 3 N–H and O–H groups in total. The van der Waals surface area contributed by atoms with E-state index in [4.69, 9.17) is 10.7 Å². The van der Waals surface area contributed by atoms with Crippen LogP contribution in [0.5, 0.6) is 0 Å². The maximum atomic E-state index is 11.9. The Balaban J connectivity index is 1.90. The van der Waals surface area contributed by atoms with Gasteiger partial charge in [0, 0.05) is 23.9 Å². The Kier molecular flexibility index (Phi) is 5.14. The molecule has 25 heavy (non-hydrogen) atoms. The third kappa shape index (κ3) is 3.72. The average molecular weight is 336 g/mol. The zero-order valence-corrected chi connectivity index (χ0v) is 14.7. The highest BCUT2D eigenvalue weighted by Gasteiger charge is 2.11. The van der Waals surface area contributed by atoms with E-state index in [-0.39, 0.29) is 5.91 Å². The minimum absolute atomic E-state index is 0.0158. The first-order valence-corrected chi connectivity index (χ1v) is 8.70. The number of carbonyl (C=O) groups is 1. The van der Waals surface area contributed by atoms with E-state index in [9.17, 15) is 4.79 Å². The molecule has 3 rings (SSSR count). The number of hydrogen-bond acceptors (Lipinski definition) is 3. The van der Waals surface area contributed by atoms with Gasteiger partial charge in [0.25, 0.3) is 0 Å². The van der Waals surface area contributed by atoms with Crippen molar-refractivity contribution in [3.63, 3.8) is 0 Å². The lowest BCUT2D eigenvalue weighted by molar-refractivity contribution is -0.116. The van der Waals surface area contributed by atoms with Crippen molar-refractivity contribution in [2.75, 3.05) is 11.9 Å². The second-order valence-corrected chi connectivity index (χ2v) is 6.18. The summed E-state index contributed by atoms with van der Waals surface area (Å²) < 4.78 is 2.02. The summed E-state index contributed by atoms with van der Waals surface area (Å²) in [6.45, 7) is 4.71. The number of imidazole rings is 1. The van der Waals surface area contributed by atoms with Crippen LogP contribution in [0.4, 0.5) is 5.69 Å². The molecule has 1 amide bonds. The number of amides is 1. The van der Waals surface area contributed by atoms with Gasteiger partial charge in [0.2, 0.25) is 5.91 Å². The predicted molar refractivity (Wildman–Crippen MR) is 102 cm³/mol. The largest absolute Gasteiger partial charge is 0.330 e. The van der Waals surface area contributed by atoms with Gasteiger partial charge in [-0.3, -0.25) is 4.79 Å². The van der Waals surface area contributed by atoms with Crippen molar-refractivity contribution >= 4 is 17.2 Å². The molecule has 0 fully saturated rings. The summed E-state index contributed by atoms with van der Waals surface area (Å²) in [5, 5.41) is 2.92. The molecule has 0 spiro atoms. The monoisotopic (exact) mass is 336 g/mol. The quantitative estimate of drug-likeness (QED) is 0.723. The van der Waals surface area contributed by atoms with Crippen molar-refractivity contribution in [2.45, 2.75) is 33.1 Å². The molecule has 0 saturated carbocycles. The Bertz CT molecular complexity index is 881. The number of nitrogens with one attached hydrogen (secondary N) is 1. The fraction of sp³-hybridized carbons (Fsp3) is 0.300. The summed E-state index contributed by atoms with van der Waals surface area (Å²) in [6, 6.07) is 12.3. The molecule has 3 aromatic rings. The molecule has 1 aromatic carbocycles. The minimum atomic E-state index is -0.0158. The molecular formula is C20H24N4O. The number of fused-ring (bicyclic) bond motifs is 1. The van der Waals surface area contributed by atoms with E-state index >= 15 is 0 Å². The van der Waals surface area contributed by atoms with Gasteiger partial charge in [-0.15, -0.1) is 0 Å². The molecule has 0 atom stereocenters. The van der Waals surface area contributed by atoms with Gasteiger partial charge < -0.3 is 15.5 Å². The Morgan fingerprint density at radius 1 is 1.20 bits per heavy atom. The first-order valence-electron chi connectivity index (χ1n) is 8.70. The fourth-order valence-electron chi connectivity index (χ4n) is 2.89. The maximum absolute atomic E-state index is 11.9. The Hall–Kier alpha value is -2.66. The molecule has 0 saturated heterocycles. The number of hydrogen-bond donors (Lipinski definition) is 2. The molecule has 0 bridgehead atoms. The van der Waals surface area contributed by atoms with Crippen LogP contribution in [0.15, 0.2) is 42.6 Å². The van der Waals surface area contributed by atoms with Crippen molar-refractivity contribution in [3.8, 4) is 11.3 Å². The molecule has 2 heterocycles. The summed E-state index contributed by atoms with van der Waals surface area (Å²) in [5.41, 5.74) is 11.5. The molecular weight excluding hydrogens is 312 g/mol. The van der Waals surface area contributed by atoms with Gasteiger partial charge in [0.15, 0.2) is 0 Å². The van der Waals surface area contributed by atoms with E-state index in [0.29, 0.717) is 19.4 Å². The van der Waals surface area contributed by atoms with E-state index in [1.54, 1.807) is 0 Å². The van der Waals surface area contributed by atoms with Crippen molar-refractivity contribution in [1.29, 1.82) is 0 Å². The van der Waals surface area contributed by atoms with Gasteiger partial charge in [-0.05, 0) is 44.0 Å². The number of pyridine rings is 1. The van der Waals surface area contributed by atoms with Crippen molar-refractivity contribution in [1.82, 2.24) is 9.38 Å². The predicted octanol–water partition coefficient (Wildman–Crippen LogP) is 3.55. The van der Waals surface area contributed by atoms with Crippen LogP contribution in [-0.2, 0) is 11.2 Å². The molecule has 0 aliphatic carbocycles. The average Bonchev–Trinajstić information content (AvgIpc) is 2.96. The van der Waals surface area contributed by atoms with Gasteiger partial charge in [-0.2, -0.15) is 0 Å². The van der Waals surface area contributed by atoms with Crippen LogP contribution in [0.3, 0.4) is 0 Å². The number of carbonyl (C=O) groups excluding carboxylic acids is 1. The highest BCUT2D eigenvalue weighted by molar-refractivity contribution is 5.90. The molecule has 0 unspecified atom stereocenters. The highest BCUT2D eigenvalue weighted by atomic mass is 16.1. The lowest BCUT2D eigenvalue weighted by Gasteiger charge is -2.06. The number of rotatable bonds is 6. The topological polar surface area (TPSA) is 72.4 Å². The van der Waals surface area contributed by atoms with Crippen LogP contribution in [0, 0.1) is 6.92 Å². The first-order chi connectivity index (χ1) is 12.1. The van der Waals surface area contributed by atoms with Crippen LogP contribution in [0.25, 0.3) is 16.9 Å². The maximum Gasteiger partial charge on any atom is 0.224 e. The molecule has 0 aliphatic heterocycles. The molecule has 130 valence electrons. The number of nitrogens with zero attached hydrogens (tertiary/aromatic N) is 2. The summed E-state index contributed by atoms with van der Waals surface area (Å²) in [5.74, 6) is -0.0158. The van der Waals surface area contributed by atoms with Gasteiger partial charge in [-0.1, -0.05) is 31.2 Å². The lowest BCUT2D eigenvalue weighted by atomic mass is 10.1. The Morgan fingerprint density at radius 2 is 1.96 bits per heavy atom. The highest BCUT2D eigenvalue weighted by Crippen LogP contribution is 2.25. The third-order valence-electron chi connectivity index (χ3n) is 4.38. The zero-order valence-electron chi connectivity index (χ0n) is 14.7. The number of nitrogens with two attached hydrogens (primary N) is 1. The van der Waals surface area contributed by atoms with E-state index in [1.165, 1.54) is 5.56 Å². The van der Waals surface area contributed by atoms with Gasteiger partial charge >= 0.3 is 0 Å². The summed E-state index contributed by atoms with van der Waals surface area (Å²) in [4.78, 5) is 16.6. The summed E-state index contributed by atoms with van der Waals surface area (Å²) in [6.07, 6.45) is 4.07. The van der Waals surface area contributed by atoms with E-state index in [0.717, 1.165) is 34.7 Å². The third-order valence-corrected chi connectivity index (χ3v) is 4.38. The van der Waals surface area contributed by atoms with E-state index in [1.807, 2.05) is 29.7 Å². The smallest absolute Gasteiger partial charge is 0.224 e. The van der Waals surface area contributed by atoms with Gasteiger partial charge in [0.05, 0.1) is 11.4 Å². The fourth-order valence-corrected chi connectivity index (χ4v) is 2.89. The van der Waals surface area contributed by atoms with E-state index < -0.39 is 0 Å². The normalized spacial score (nSPS) is 11.0. The number of aromatic nitrogens is 2. The second kappa shape index (κ2) is 7.49. The number of benzene rings is 1. The summed E-state index contributed by atoms with van der Waals surface area (Å²) >= 11 is 0. The summed E-state index contributed by atoms with van der Waals surface area (Å²) in [7, 11) is 0. The van der Waals surface area contributed by atoms with Crippen molar-refractivity contribution in [2.24, 2.45) is 5.73 Å². The van der Waals surface area contributed by atoms with E-state index in [2.05, 4.69) is 36.5 Å². The lowest BCUT2D eigenvalue weighted by Crippen LogP contribution is -2.13.